The van der Waals surface area contributed by atoms with Gasteiger partial charge in [0.25, 0.3) is 0 Å². The van der Waals surface area contributed by atoms with E-state index in [0.717, 1.165) is 5.56 Å². The molecule has 0 saturated carbocycles. The second kappa shape index (κ2) is 4.45. The van der Waals surface area contributed by atoms with E-state index in [-0.39, 0.29) is 5.97 Å². The number of aryl methyl sites for hydroxylation is 1. The molecule has 68 valence electrons. The number of rotatable bonds is 2. The Morgan fingerprint density at radius 3 is 2.46 bits per heavy atom. The molecule has 0 N–H and O–H groups in total. The SMILES string of the molecule is COC(=O)/C=C/c1ccc(C)cc1. The Morgan fingerprint density at radius 2 is 1.92 bits per heavy atom. The van der Waals surface area contributed by atoms with Gasteiger partial charge in [0.15, 0.2) is 0 Å². The van der Waals surface area contributed by atoms with Crippen LogP contribution in [0.5, 0.6) is 0 Å². The van der Waals surface area contributed by atoms with E-state index in [0.29, 0.717) is 0 Å². The van der Waals surface area contributed by atoms with Gasteiger partial charge in [-0.25, -0.2) is 4.79 Å². The van der Waals surface area contributed by atoms with Gasteiger partial charge in [-0.15, -0.1) is 0 Å². The molecule has 0 heterocycles. The number of carbonyl (C=O) groups is 1. The first-order chi connectivity index (χ1) is 6.22. The summed E-state index contributed by atoms with van der Waals surface area (Å²) in [5.74, 6) is -0.333. The lowest BCUT2D eigenvalue weighted by atomic mass is 10.1. The summed E-state index contributed by atoms with van der Waals surface area (Å²) < 4.78 is 4.47. The van der Waals surface area contributed by atoms with Crippen LogP contribution in [0.25, 0.3) is 6.08 Å². The van der Waals surface area contributed by atoms with Crippen molar-refractivity contribution in [2.75, 3.05) is 7.11 Å². The van der Waals surface area contributed by atoms with Crippen molar-refractivity contribution in [2.24, 2.45) is 0 Å². The van der Waals surface area contributed by atoms with Gasteiger partial charge in [-0.2, -0.15) is 0 Å². The van der Waals surface area contributed by atoms with Gasteiger partial charge in [-0.3, -0.25) is 0 Å². The number of carbonyl (C=O) groups excluding carboxylic acids is 1. The van der Waals surface area contributed by atoms with Crippen molar-refractivity contribution in [3.8, 4) is 0 Å². The smallest absolute Gasteiger partial charge is 0.330 e. The summed E-state index contributed by atoms with van der Waals surface area (Å²) in [6.45, 7) is 2.02. The fraction of sp³-hybridized carbons (Fsp3) is 0.182. The summed E-state index contributed by atoms with van der Waals surface area (Å²) in [6, 6.07) is 7.90. The Balaban J connectivity index is 2.69. The highest BCUT2D eigenvalue weighted by atomic mass is 16.5. The van der Waals surface area contributed by atoms with E-state index in [1.54, 1.807) is 6.08 Å². The van der Waals surface area contributed by atoms with Gasteiger partial charge in [0.2, 0.25) is 0 Å². The summed E-state index contributed by atoms with van der Waals surface area (Å²) in [4.78, 5) is 10.7. The lowest BCUT2D eigenvalue weighted by Crippen LogP contribution is -1.93. The number of ether oxygens (including phenoxy) is 1. The lowest BCUT2D eigenvalue weighted by molar-refractivity contribution is -0.134. The summed E-state index contributed by atoms with van der Waals surface area (Å²) in [5, 5.41) is 0. The highest BCUT2D eigenvalue weighted by molar-refractivity contribution is 5.86. The third kappa shape index (κ3) is 3.11. The predicted molar refractivity (Wildman–Crippen MR) is 52.2 cm³/mol. The molecule has 0 fully saturated rings. The summed E-state index contributed by atoms with van der Waals surface area (Å²) in [7, 11) is 1.36. The maximum absolute atomic E-state index is 10.7. The van der Waals surface area contributed by atoms with Crippen LogP contribution in [0.4, 0.5) is 0 Å². The zero-order chi connectivity index (χ0) is 9.68. The topological polar surface area (TPSA) is 26.3 Å². The maximum Gasteiger partial charge on any atom is 0.330 e. The fourth-order valence-electron chi connectivity index (χ4n) is 0.910. The average molecular weight is 176 g/mol. The molecule has 0 unspecified atom stereocenters. The van der Waals surface area contributed by atoms with E-state index in [2.05, 4.69) is 4.74 Å². The van der Waals surface area contributed by atoms with Crippen LogP contribution in [-0.4, -0.2) is 13.1 Å². The summed E-state index contributed by atoms with van der Waals surface area (Å²) >= 11 is 0. The molecular formula is C11H12O2. The number of esters is 1. The van der Waals surface area contributed by atoms with Crippen LogP contribution in [0.1, 0.15) is 11.1 Å². The molecule has 0 bridgehead atoms. The van der Waals surface area contributed by atoms with Gasteiger partial charge in [-0.05, 0) is 18.6 Å². The summed E-state index contributed by atoms with van der Waals surface area (Å²) in [6.07, 6.45) is 3.13. The van der Waals surface area contributed by atoms with Gasteiger partial charge in [0, 0.05) is 6.08 Å². The minimum atomic E-state index is -0.333. The second-order valence-corrected chi connectivity index (χ2v) is 2.77. The van der Waals surface area contributed by atoms with Crippen molar-refractivity contribution in [1.82, 2.24) is 0 Å². The van der Waals surface area contributed by atoms with E-state index in [1.165, 1.54) is 18.7 Å². The van der Waals surface area contributed by atoms with Crippen LogP contribution in [0.2, 0.25) is 0 Å². The predicted octanol–water partition coefficient (Wildman–Crippen LogP) is 2.18. The standard InChI is InChI=1S/C11H12O2/c1-9-3-5-10(6-4-9)7-8-11(12)13-2/h3-8H,1-2H3/b8-7+. The molecule has 0 atom stereocenters. The Hall–Kier alpha value is -1.57. The Bertz CT molecular complexity index is 309. The van der Waals surface area contributed by atoms with Crippen molar-refractivity contribution >= 4 is 12.0 Å². The van der Waals surface area contributed by atoms with Gasteiger partial charge >= 0.3 is 5.97 Å². The molecule has 0 aromatic heterocycles. The van der Waals surface area contributed by atoms with Crippen LogP contribution >= 0.6 is 0 Å². The van der Waals surface area contributed by atoms with E-state index in [9.17, 15) is 4.79 Å². The van der Waals surface area contributed by atoms with Gasteiger partial charge in [-0.1, -0.05) is 29.8 Å². The molecule has 0 aliphatic heterocycles. The third-order valence-electron chi connectivity index (χ3n) is 1.69. The second-order valence-electron chi connectivity index (χ2n) is 2.77. The molecule has 2 heteroatoms. The summed E-state index contributed by atoms with van der Waals surface area (Å²) in [5.41, 5.74) is 2.20. The monoisotopic (exact) mass is 176 g/mol. The molecule has 1 aromatic carbocycles. The van der Waals surface area contributed by atoms with Crippen molar-refractivity contribution in [3.63, 3.8) is 0 Å². The minimum absolute atomic E-state index is 0.333. The Labute approximate surface area is 77.8 Å². The number of benzene rings is 1. The Kier molecular flexibility index (Phi) is 3.26. The molecule has 1 rings (SSSR count). The van der Waals surface area contributed by atoms with Crippen molar-refractivity contribution < 1.29 is 9.53 Å². The first-order valence-electron chi connectivity index (χ1n) is 4.05. The van der Waals surface area contributed by atoms with Crippen molar-refractivity contribution in [3.05, 3.63) is 41.5 Å². The molecule has 0 radical (unpaired) electrons. The van der Waals surface area contributed by atoms with Crippen LogP contribution in [0.15, 0.2) is 30.3 Å². The normalized spacial score (nSPS) is 10.3. The van der Waals surface area contributed by atoms with Crippen LogP contribution in [-0.2, 0) is 9.53 Å². The molecule has 2 nitrogen and oxygen atoms in total. The number of hydrogen-bond donors (Lipinski definition) is 0. The Morgan fingerprint density at radius 1 is 1.31 bits per heavy atom. The largest absolute Gasteiger partial charge is 0.466 e. The van der Waals surface area contributed by atoms with Gasteiger partial charge < -0.3 is 4.74 Å². The van der Waals surface area contributed by atoms with E-state index in [1.807, 2.05) is 31.2 Å². The van der Waals surface area contributed by atoms with Crippen molar-refractivity contribution in [1.29, 1.82) is 0 Å². The van der Waals surface area contributed by atoms with E-state index < -0.39 is 0 Å². The maximum atomic E-state index is 10.7. The molecule has 0 saturated heterocycles. The fourth-order valence-corrected chi connectivity index (χ4v) is 0.910. The first-order valence-corrected chi connectivity index (χ1v) is 4.05. The van der Waals surface area contributed by atoms with Gasteiger partial charge in [0.05, 0.1) is 7.11 Å². The molecule has 0 aliphatic carbocycles. The first kappa shape index (κ1) is 9.52. The number of methoxy groups -OCH3 is 1. The minimum Gasteiger partial charge on any atom is -0.466 e. The highest BCUT2D eigenvalue weighted by Gasteiger charge is 1.91. The lowest BCUT2D eigenvalue weighted by Gasteiger charge is -1.94. The molecule has 13 heavy (non-hydrogen) atoms. The van der Waals surface area contributed by atoms with Crippen LogP contribution in [0, 0.1) is 6.92 Å². The number of hydrogen-bond acceptors (Lipinski definition) is 2. The molecule has 0 aliphatic rings. The third-order valence-corrected chi connectivity index (χ3v) is 1.69. The molecule has 0 amide bonds. The molecule has 0 spiro atoms. The van der Waals surface area contributed by atoms with E-state index in [4.69, 9.17) is 0 Å². The quantitative estimate of drug-likeness (QED) is 0.510. The average Bonchev–Trinajstić information content (AvgIpc) is 2.16. The van der Waals surface area contributed by atoms with E-state index >= 15 is 0 Å². The van der Waals surface area contributed by atoms with Crippen LogP contribution in [0.3, 0.4) is 0 Å². The zero-order valence-corrected chi connectivity index (χ0v) is 7.78. The van der Waals surface area contributed by atoms with Gasteiger partial charge in [0.1, 0.15) is 0 Å². The zero-order valence-electron chi connectivity index (χ0n) is 7.78. The molecular weight excluding hydrogens is 164 g/mol. The van der Waals surface area contributed by atoms with Crippen LogP contribution < -0.4 is 0 Å². The van der Waals surface area contributed by atoms with Crippen molar-refractivity contribution in [2.45, 2.75) is 6.92 Å². The highest BCUT2D eigenvalue weighted by Crippen LogP contribution is 2.04. The molecule has 1 aromatic rings.